The Morgan fingerprint density at radius 1 is 1.00 bits per heavy atom. The van der Waals surface area contributed by atoms with E-state index in [9.17, 15) is 14.7 Å². The van der Waals surface area contributed by atoms with Crippen LogP contribution in [0.3, 0.4) is 0 Å². The second kappa shape index (κ2) is 8.95. The van der Waals surface area contributed by atoms with Crippen LogP contribution in [0.5, 0.6) is 5.88 Å². The largest absolute Gasteiger partial charge is 0.494 e. The maximum Gasteiger partial charge on any atom is 0.376 e. The molecule has 174 valence electrons. The van der Waals surface area contributed by atoms with E-state index < -0.39 is 5.97 Å². The van der Waals surface area contributed by atoms with Crippen LogP contribution >= 0.6 is 0 Å². The number of carbonyl (C=O) groups is 1. The lowest BCUT2D eigenvalue weighted by molar-refractivity contribution is 0.0494. The maximum atomic E-state index is 13.3. The molecule has 2 aromatic heterocycles. The molecule has 7 nitrogen and oxygen atoms in total. The van der Waals surface area contributed by atoms with Crippen molar-refractivity contribution in [3.63, 3.8) is 0 Å². The van der Waals surface area contributed by atoms with Gasteiger partial charge in [-0.3, -0.25) is 9.79 Å². The zero-order valence-electron chi connectivity index (χ0n) is 19.2. The van der Waals surface area contributed by atoms with E-state index in [2.05, 4.69) is 4.99 Å². The Hall–Kier alpha value is -4.65. The van der Waals surface area contributed by atoms with Gasteiger partial charge in [-0.15, -0.1) is 0 Å². The number of hydrogen-bond donors (Lipinski definition) is 1. The van der Waals surface area contributed by atoms with Crippen molar-refractivity contribution < 1.29 is 19.1 Å². The summed E-state index contributed by atoms with van der Waals surface area (Å²) < 4.78 is 12.1. The molecule has 0 spiro atoms. The number of rotatable bonds is 5. The second-order valence-corrected chi connectivity index (χ2v) is 8.01. The van der Waals surface area contributed by atoms with Crippen molar-refractivity contribution in [2.75, 3.05) is 6.61 Å². The minimum absolute atomic E-state index is 0.0278. The number of furan rings is 1. The van der Waals surface area contributed by atoms with Crippen LogP contribution in [0.25, 0.3) is 27.4 Å². The lowest BCUT2D eigenvalue weighted by atomic mass is 10.1. The van der Waals surface area contributed by atoms with Crippen molar-refractivity contribution in [2.24, 2.45) is 4.99 Å². The lowest BCUT2D eigenvalue weighted by Crippen LogP contribution is -2.20. The van der Waals surface area contributed by atoms with Crippen LogP contribution in [0.15, 0.2) is 87.0 Å². The van der Waals surface area contributed by atoms with Crippen LogP contribution in [0.1, 0.15) is 28.6 Å². The molecule has 35 heavy (non-hydrogen) atoms. The highest BCUT2D eigenvalue weighted by Crippen LogP contribution is 2.35. The van der Waals surface area contributed by atoms with Crippen LogP contribution in [0.2, 0.25) is 0 Å². The van der Waals surface area contributed by atoms with Gasteiger partial charge in [0, 0.05) is 22.4 Å². The normalized spacial score (nSPS) is 11.5. The van der Waals surface area contributed by atoms with E-state index in [0.29, 0.717) is 33.0 Å². The lowest BCUT2D eigenvalue weighted by Gasteiger charge is -2.14. The van der Waals surface area contributed by atoms with Gasteiger partial charge < -0.3 is 14.3 Å². The number of para-hydroxylation sites is 1. The molecular formula is C28H22N2O5. The van der Waals surface area contributed by atoms with Crippen LogP contribution < -0.4 is 5.56 Å². The summed E-state index contributed by atoms with van der Waals surface area (Å²) in [6, 6.07) is 21.4. The first-order chi connectivity index (χ1) is 17.0. The molecule has 5 aromatic rings. The smallest absolute Gasteiger partial charge is 0.376 e. The van der Waals surface area contributed by atoms with Gasteiger partial charge in [-0.2, -0.15) is 0 Å². The third kappa shape index (κ3) is 3.87. The fourth-order valence-corrected chi connectivity index (χ4v) is 4.05. The van der Waals surface area contributed by atoms with Crippen molar-refractivity contribution in [3.8, 4) is 11.6 Å². The molecule has 0 fully saturated rings. The zero-order chi connectivity index (χ0) is 24.5. The first kappa shape index (κ1) is 22.2. The van der Waals surface area contributed by atoms with E-state index in [0.717, 1.165) is 5.56 Å². The highest BCUT2D eigenvalue weighted by molar-refractivity contribution is 6.07. The van der Waals surface area contributed by atoms with Gasteiger partial charge in [-0.05, 0) is 44.2 Å². The number of fused-ring (bicyclic) bond motifs is 2. The van der Waals surface area contributed by atoms with E-state index in [1.807, 2.05) is 25.1 Å². The maximum absolute atomic E-state index is 13.3. The molecule has 0 aliphatic heterocycles. The summed E-state index contributed by atoms with van der Waals surface area (Å²) in [5, 5.41) is 12.8. The number of ether oxygens (including phenoxy) is 1. The number of nitrogens with zero attached hydrogens (tertiary/aromatic N) is 2. The molecule has 0 atom stereocenters. The van der Waals surface area contributed by atoms with E-state index in [1.165, 1.54) is 10.8 Å². The van der Waals surface area contributed by atoms with Crippen molar-refractivity contribution >= 4 is 39.6 Å². The van der Waals surface area contributed by atoms with Crippen LogP contribution in [-0.2, 0) is 4.74 Å². The molecule has 5 rings (SSSR count). The molecule has 7 heteroatoms. The summed E-state index contributed by atoms with van der Waals surface area (Å²) in [4.78, 5) is 30.4. The van der Waals surface area contributed by atoms with Gasteiger partial charge in [0.25, 0.3) is 5.56 Å². The summed E-state index contributed by atoms with van der Waals surface area (Å²) in [6.07, 6.45) is 1.45. The summed E-state index contributed by atoms with van der Waals surface area (Å²) in [5.74, 6) is -0.915. The van der Waals surface area contributed by atoms with Crippen molar-refractivity contribution in [1.29, 1.82) is 0 Å². The molecule has 0 unspecified atom stereocenters. The molecule has 0 aliphatic rings. The Balaban J connectivity index is 1.75. The fourth-order valence-electron chi connectivity index (χ4n) is 4.05. The number of carbonyl (C=O) groups excluding carboxylic acids is 1. The molecule has 3 aromatic carbocycles. The molecule has 0 radical (unpaired) electrons. The number of esters is 1. The van der Waals surface area contributed by atoms with E-state index in [4.69, 9.17) is 9.15 Å². The fraction of sp³-hybridized carbons (Fsp3) is 0.107. The van der Waals surface area contributed by atoms with Gasteiger partial charge in [-0.1, -0.05) is 48.0 Å². The minimum Gasteiger partial charge on any atom is -0.494 e. The topological polar surface area (TPSA) is 94.0 Å². The van der Waals surface area contributed by atoms with Gasteiger partial charge in [0.15, 0.2) is 0 Å². The van der Waals surface area contributed by atoms with Gasteiger partial charge in [0.2, 0.25) is 11.6 Å². The summed E-state index contributed by atoms with van der Waals surface area (Å²) in [5.41, 5.74) is 2.32. The molecule has 0 amide bonds. The molecular weight excluding hydrogens is 444 g/mol. The summed E-state index contributed by atoms with van der Waals surface area (Å²) in [7, 11) is 0. The number of aromatic nitrogens is 1. The third-order valence-electron chi connectivity index (χ3n) is 5.75. The number of pyridine rings is 1. The van der Waals surface area contributed by atoms with E-state index in [1.54, 1.807) is 61.5 Å². The number of aromatic hydroxyl groups is 1. The third-order valence-corrected chi connectivity index (χ3v) is 5.75. The highest BCUT2D eigenvalue weighted by Gasteiger charge is 2.22. The molecule has 2 heterocycles. The Morgan fingerprint density at radius 3 is 2.37 bits per heavy atom. The van der Waals surface area contributed by atoms with Crippen LogP contribution in [0.4, 0.5) is 5.69 Å². The average molecular weight is 466 g/mol. The molecule has 0 saturated carbocycles. The van der Waals surface area contributed by atoms with E-state index >= 15 is 0 Å². The SMILES string of the molecule is CCOC(=O)c1oc2ccccc2c1N=Cc1c(O)n(-c2ccc(C)cc2)c(=O)c2ccccc12. The minimum atomic E-state index is -0.630. The Kier molecular flexibility index (Phi) is 5.66. The standard InChI is InChI=1S/C28H22N2O5/c1-3-34-28(33)25-24(21-10-6-7-11-23(21)35-25)29-16-22-19-8-4-5-9-20(19)26(31)30(27(22)32)18-14-12-17(2)13-15-18/h4-16,32H,3H2,1-2H3. The Bertz CT molecular complexity index is 1660. The molecule has 1 N–H and O–H groups in total. The van der Waals surface area contributed by atoms with Crippen molar-refractivity contribution in [2.45, 2.75) is 13.8 Å². The number of aryl methyl sites for hydroxylation is 1. The average Bonchev–Trinajstić information content (AvgIpc) is 3.24. The van der Waals surface area contributed by atoms with Crippen LogP contribution in [-0.4, -0.2) is 28.5 Å². The van der Waals surface area contributed by atoms with E-state index in [-0.39, 0.29) is 29.5 Å². The van der Waals surface area contributed by atoms with Gasteiger partial charge in [-0.25, -0.2) is 9.36 Å². The van der Waals surface area contributed by atoms with Crippen molar-refractivity contribution in [1.82, 2.24) is 4.57 Å². The number of hydrogen-bond acceptors (Lipinski definition) is 6. The van der Waals surface area contributed by atoms with Crippen LogP contribution in [0, 0.1) is 6.92 Å². The predicted molar refractivity (Wildman–Crippen MR) is 135 cm³/mol. The van der Waals surface area contributed by atoms with Gasteiger partial charge >= 0.3 is 5.97 Å². The molecule has 0 bridgehead atoms. The van der Waals surface area contributed by atoms with Gasteiger partial charge in [0.1, 0.15) is 11.3 Å². The molecule has 0 saturated heterocycles. The number of benzene rings is 3. The quantitative estimate of drug-likeness (QED) is 0.266. The summed E-state index contributed by atoms with van der Waals surface area (Å²) in [6.45, 7) is 3.84. The summed E-state index contributed by atoms with van der Waals surface area (Å²) >= 11 is 0. The monoisotopic (exact) mass is 466 g/mol. The molecule has 0 aliphatic carbocycles. The Morgan fingerprint density at radius 2 is 1.66 bits per heavy atom. The first-order valence-corrected chi connectivity index (χ1v) is 11.2. The van der Waals surface area contributed by atoms with Gasteiger partial charge in [0.05, 0.1) is 17.9 Å². The second-order valence-electron chi connectivity index (χ2n) is 8.01. The Labute approximate surface area is 200 Å². The predicted octanol–water partition coefficient (Wildman–Crippen LogP) is 5.68. The highest BCUT2D eigenvalue weighted by atomic mass is 16.5. The first-order valence-electron chi connectivity index (χ1n) is 11.2. The van der Waals surface area contributed by atoms with Crippen molar-refractivity contribution in [3.05, 3.63) is 100 Å². The zero-order valence-corrected chi connectivity index (χ0v) is 19.2. The number of aliphatic imine (C=N–C) groups is 1.